The molecule has 0 atom stereocenters. The summed E-state index contributed by atoms with van der Waals surface area (Å²) in [4.78, 5) is 8.48. The standard InChI is InChI=1S/C16H20FN3O/c1-5-18-15-14(10(2)3)16(20-9-19-15)21-12-6-7-13(17)11(4)8-12/h6-10H,5H2,1-4H3,(H,18,19,20). The molecule has 0 fully saturated rings. The molecular formula is C16H20FN3O. The van der Waals surface area contributed by atoms with Gasteiger partial charge >= 0.3 is 0 Å². The van der Waals surface area contributed by atoms with Crippen LogP contribution >= 0.6 is 0 Å². The van der Waals surface area contributed by atoms with E-state index in [2.05, 4.69) is 29.1 Å². The van der Waals surface area contributed by atoms with Crippen molar-refractivity contribution in [1.82, 2.24) is 9.97 Å². The van der Waals surface area contributed by atoms with E-state index in [1.807, 2.05) is 6.92 Å². The molecule has 0 aliphatic heterocycles. The molecule has 21 heavy (non-hydrogen) atoms. The van der Waals surface area contributed by atoms with Gasteiger partial charge in [0, 0.05) is 6.54 Å². The monoisotopic (exact) mass is 289 g/mol. The molecule has 0 unspecified atom stereocenters. The fourth-order valence-corrected chi connectivity index (χ4v) is 2.08. The first-order chi connectivity index (χ1) is 10.0. The molecule has 0 amide bonds. The number of aryl methyl sites for hydroxylation is 1. The Morgan fingerprint density at radius 2 is 2.05 bits per heavy atom. The lowest BCUT2D eigenvalue weighted by Gasteiger charge is -2.16. The third-order valence-corrected chi connectivity index (χ3v) is 3.11. The molecule has 0 aliphatic rings. The van der Waals surface area contributed by atoms with Crippen molar-refractivity contribution in [3.8, 4) is 11.6 Å². The van der Waals surface area contributed by atoms with Gasteiger partial charge in [0.2, 0.25) is 5.88 Å². The molecule has 0 saturated heterocycles. The van der Waals surface area contributed by atoms with Crippen molar-refractivity contribution < 1.29 is 9.13 Å². The first-order valence-electron chi connectivity index (χ1n) is 7.05. The maximum atomic E-state index is 13.3. The summed E-state index contributed by atoms with van der Waals surface area (Å²) in [6.07, 6.45) is 1.47. The molecule has 1 heterocycles. The maximum absolute atomic E-state index is 13.3. The second kappa shape index (κ2) is 6.52. The first kappa shape index (κ1) is 15.2. The fourth-order valence-electron chi connectivity index (χ4n) is 2.08. The summed E-state index contributed by atoms with van der Waals surface area (Å²) in [5.74, 6) is 1.80. The SMILES string of the molecule is CCNc1ncnc(Oc2ccc(F)c(C)c2)c1C(C)C. The number of aromatic nitrogens is 2. The third kappa shape index (κ3) is 3.48. The third-order valence-electron chi connectivity index (χ3n) is 3.11. The molecular weight excluding hydrogens is 269 g/mol. The van der Waals surface area contributed by atoms with E-state index in [0.29, 0.717) is 17.2 Å². The van der Waals surface area contributed by atoms with Crippen LogP contribution in [0.5, 0.6) is 11.6 Å². The second-order valence-corrected chi connectivity index (χ2v) is 5.14. The minimum Gasteiger partial charge on any atom is -0.439 e. The van der Waals surface area contributed by atoms with Crippen LogP contribution in [0.3, 0.4) is 0 Å². The van der Waals surface area contributed by atoms with Crippen LogP contribution < -0.4 is 10.1 Å². The van der Waals surface area contributed by atoms with Gasteiger partial charge in [0.1, 0.15) is 23.7 Å². The normalized spacial score (nSPS) is 10.8. The van der Waals surface area contributed by atoms with E-state index in [4.69, 9.17) is 4.74 Å². The molecule has 5 heteroatoms. The van der Waals surface area contributed by atoms with Crippen LogP contribution in [0.4, 0.5) is 10.2 Å². The molecule has 0 spiro atoms. The van der Waals surface area contributed by atoms with Crippen LogP contribution in [0.1, 0.15) is 37.8 Å². The maximum Gasteiger partial charge on any atom is 0.227 e. The van der Waals surface area contributed by atoms with Gasteiger partial charge in [0.15, 0.2) is 0 Å². The van der Waals surface area contributed by atoms with E-state index >= 15 is 0 Å². The number of benzene rings is 1. The van der Waals surface area contributed by atoms with Crippen LogP contribution in [-0.2, 0) is 0 Å². The molecule has 0 radical (unpaired) electrons. The summed E-state index contributed by atoms with van der Waals surface area (Å²) in [6, 6.07) is 4.65. The number of nitrogens with one attached hydrogen (secondary N) is 1. The molecule has 1 aromatic heterocycles. The van der Waals surface area contributed by atoms with E-state index in [1.54, 1.807) is 19.1 Å². The van der Waals surface area contributed by atoms with Crippen molar-refractivity contribution in [3.63, 3.8) is 0 Å². The minimum atomic E-state index is -0.248. The highest BCUT2D eigenvalue weighted by Crippen LogP contribution is 2.33. The van der Waals surface area contributed by atoms with Gasteiger partial charge in [-0.15, -0.1) is 0 Å². The number of hydrogen-bond donors (Lipinski definition) is 1. The molecule has 2 rings (SSSR count). The average Bonchev–Trinajstić information content (AvgIpc) is 2.43. The number of nitrogens with zero attached hydrogens (tertiary/aromatic N) is 2. The Kier molecular flexibility index (Phi) is 4.73. The Morgan fingerprint density at radius 3 is 2.67 bits per heavy atom. The highest BCUT2D eigenvalue weighted by atomic mass is 19.1. The largest absolute Gasteiger partial charge is 0.439 e. The quantitative estimate of drug-likeness (QED) is 0.892. The summed E-state index contributed by atoms with van der Waals surface area (Å²) in [5, 5.41) is 3.21. The second-order valence-electron chi connectivity index (χ2n) is 5.14. The summed E-state index contributed by atoms with van der Waals surface area (Å²) in [5.41, 5.74) is 1.46. The lowest BCUT2D eigenvalue weighted by molar-refractivity contribution is 0.449. The Bertz CT molecular complexity index is 629. The van der Waals surface area contributed by atoms with Crippen LogP contribution in [0.15, 0.2) is 24.5 Å². The number of rotatable bonds is 5. The predicted molar refractivity (Wildman–Crippen MR) is 81.5 cm³/mol. The Hall–Kier alpha value is -2.17. The van der Waals surface area contributed by atoms with Crippen LogP contribution in [0.25, 0.3) is 0 Å². The minimum absolute atomic E-state index is 0.205. The van der Waals surface area contributed by atoms with Gasteiger partial charge in [-0.3, -0.25) is 0 Å². The topological polar surface area (TPSA) is 47.0 Å². The summed E-state index contributed by atoms with van der Waals surface area (Å²) in [6.45, 7) is 8.60. The molecule has 1 N–H and O–H groups in total. The van der Waals surface area contributed by atoms with Crippen molar-refractivity contribution in [3.05, 3.63) is 41.5 Å². The molecule has 0 bridgehead atoms. The highest BCUT2D eigenvalue weighted by Gasteiger charge is 2.16. The van der Waals surface area contributed by atoms with E-state index < -0.39 is 0 Å². The Balaban J connectivity index is 2.38. The molecule has 112 valence electrons. The number of hydrogen-bond acceptors (Lipinski definition) is 4. The van der Waals surface area contributed by atoms with Crippen LogP contribution in [0, 0.1) is 12.7 Å². The lowest BCUT2D eigenvalue weighted by Crippen LogP contribution is -2.07. The Morgan fingerprint density at radius 1 is 1.29 bits per heavy atom. The van der Waals surface area contributed by atoms with Gasteiger partial charge < -0.3 is 10.1 Å². The van der Waals surface area contributed by atoms with E-state index in [-0.39, 0.29) is 11.7 Å². The molecule has 1 aromatic carbocycles. The first-order valence-corrected chi connectivity index (χ1v) is 7.05. The smallest absolute Gasteiger partial charge is 0.227 e. The van der Waals surface area contributed by atoms with Crippen molar-refractivity contribution in [2.45, 2.75) is 33.6 Å². The van der Waals surface area contributed by atoms with E-state index in [9.17, 15) is 4.39 Å². The summed E-state index contributed by atoms with van der Waals surface area (Å²) < 4.78 is 19.2. The molecule has 0 aliphatic carbocycles. The zero-order chi connectivity index (χ0) is 15.4. The predicted octanol–water partition coefficient (Wildman–Crippen LogP) is 4.27. The van der Waals surface area contributed by atoms with Gasteiger partial charge in [-0.2, -0.15) is 0 Å². The van der Waals surface area contributed by atoms with Gasteiger partial charge in [0.25, 0.3) is 0 Å². The van der Waals surface area contributed by atoms with E-state index in [1.165, 1.54) is 12.4 Å². The molecule has 2 aromatic rings. The van der Waals surface area contributed by atoms with Crippen molar-refractivity contribution in [1.29, 1.82) is 0 Å². The van der Waals surface area contributed by atoms with E-state index in [0.717, 1.165) is 17.9 Å². The average molecular weight is 289 g/mol. The fraction of sp³-hybridized carbons (Fsp3) is 0.375. The highest BCUT2D eigenvalue weighted by molar-refractivity contribution is 5.51. The van der Waals surface area contributed by atoms with Gasteiger partial charge in [0.05, 0.1) is 5.56 Å². The van der Waals surface area contributed by atoms with Gasteiger partial charge in [-0.1, -0.05) is 13.8 Å². The number of halogens is 1. The van der Waals surface area contributed by atoms with Gasteiger partial charge in [-0.05, 0) is 43.5 Å². The lowest BCUT2D eigenvalue weighted by atomic mass is 10.1. The van der Waals surface area contributed by atoms with Crippen molar-refractivity contribution in [2.24, 2.45) is 0 Å². The van der Waals surface area contributed by atoms with Crippen molar-refractivity contribution >= 4 is 5.82 Å². The number of anilines is 1. The van der Waals surface area contributed by atoms with Gasteiger partial charge in [-0.25, -0.2) is 14.4 Å². The summed E-state index contributed by atoms with van der Waals surface area (Å²) >= 11 is 0. The molecule has 0 saturated carbocycles. The summed E-state index contributed by atoms with van der Waals surface area (Å²) in [7, 11) is 0. The number of ether oxygens (including phenoxy) is 1. The zero-order valence-corrected chi connectivity index (χ0v) is 12.8. The van der Waals surface area contributed by atoms with Crippen molar-refractivity contribution in [2.75, 3.05) is 11.9 Å². The Labute approximate surface area is 124 Å². The van der Waals surface area contributed by atoms with Crippen LogP contribution in [0.2, 0.25) is 0 Å². The molecule has 4 nitrogen and oxygen atoms in total. The zero-order valence-electron chi connectivity index (χ0n) is 12.8. The van der Waals surface area contributed by atoms with Crippen LogP contribution in [-0.4, -0.2) is 16.5 Å².